The maximum Gasteiger partial charge on any atom is 0.306 e. The van der Waals surface area contributed by atoms with Gasteiger partial charge in [-0.25, -0.2) is 0 Å². The minimum atomic E-state index is -0.773. The van der Waals surface area contributed by atoms with Crippen molar-refractivity contribution in [2.24, 2.45) is 0 Å². The quantitative estimate of drug-likeness (QED) is 0.0263. The summed E-state index contributed by atoms with van der Waals surface area (Å²) in [7, 11) is 0. The minimum absolute atomic E-state index is 0.0778. The zero-order valence-corrected chi connectivity index (χ0v) is 40.4. The fourth-order valence-corrected chi connectivity index (χ4v) is 7.33. The maximum absolute atomic E-state index is 12.7. The number of allylic oxidation sites excluding steroid dienone is 8. The van der Waals surface area contributed by atoms with Crippen LogP contribution in [0.4, 0.5) is 0 Å². The fourth-order valence-electron chi connectivity index (χ4n) is 7.33. The molecular weight excluding hydrogens is 757 g/mol. The van der Waals surface area contributed by atoms with E-state index in [0.29, 0.717) is 19.3 Å². The minimum Gasteiger partial charge on any atom is -0.462 e. The summed E-state index contributed by atoms with van der Waals surface area (Å²) in [6, 6.07) is 0. The SMILES string of the molecule is CCCCCC/C=C\CCCCCCCC(=O)OC(COC(=O)CCCCCCC)COC(=O)CCCCCCCCCCCC/C=C\C/C=C\C/C=C\CCCCCCC. The number of hydrogen-bond donors (Lipinski definition) is 0. The highest BCUT2D eigenvalue weighted by Crippen LogP contribution is 2.15. The third-order valence-electron chi connectivity index (χ3n) is 11.3. The molecule has 0 aromatic rings. The van der Waals surface area contributed by atoms with Crippen LogP contribution in [0.25, 0.3) is 0 Å². The van der Waals surface area contributed by atoms with E-state index in [0.717, 1.165) is 89.9 Å². The van der Waals surface area contributed by atoms with Crippen LogP contribution < -0.4 is 0 Å². The Labute approximate surface area is 378 Å². The average Bonchev–Trinajstić information content (AvgIpc) is 3.26. The Balaban J connectivity index is 4.08. The first-order chi connectivity index (χ1) is 30.0. The molecule has 1 unspecified atom stereocenters. The maximum atomic E-state index is 12.7. The second-order valence-electron chi connectivity index (χ2n) is 17.4. The molecule has 6 nitrogen and oxygen atoms in total. The van der Waals surface area contributed by atoms with E-state index in [1.165, 1.54) is 135 Å². The molecule has 0 aliphatic carbocycles. The van der Waals surface area contributed by atoms with Gasteiger partial charge in [0.25, 0.3) is 0 Å². The summed E-state index contributed by atoms with van der Waals surface area (Å²) in [5.41, 5.74) is 0. The van der Waals surface area contributed by atoms with E-state index < -0.39 is 6.10 Å². The first-order valence-corrected chi connectivity index (χ1v) is 26.1. The van der Waals surface area contributed by atoms with Crippen molar-refractivity contribution in [1.82, 2.24) is 0 Å². The smallest absolute Gasteiger partial charge is 0.306 e. The van der Waals surface area contributed by atoms with Crippen molar-refractivity contribution in [3.05, 3.63) is 48.6 Å². The summed E-state index contributed by atoms with van der Waals surface area (Å²) < 4.78 is 16.6. The molecule has 0 N–H and O–H groups in total. The molecule has 0 saturated carbocycles. The highest BCUT2D eigenvalue weighted by atomic mass is 16.6. The Hall–Kier alpha value is -2.63. The average molecular weight is 855 g/mol. The van der Waals surface area contributed by atoms with Crippen molar-refractivity contribution in [2.75, 3.05) is 13.2 Å². The first-order valence-electron chi connectivity index (χ1n) is 26.1. The molecule has 354 valence electrons. The molecule has 0 amide bonds. The number of rotatable bonds is 47. The molecule has 0 heterocycles. The van der Waals surface area contributed by atoms with Gasteiger partial charge >= 0.3 is 17.9 Å². The molecule has 0 fully saturated rings. The lowest BCUT2D eigenvalue weighted by molar-refractivity contribution is -0.167. The molecule has 0 saturated heterocycles. The van der Waals surface area contributed by atoms with Gasteiger partial charge in [-0.2, -0.15) is 0 Å². The summed E-state index contributed by atoms with van der Waals surface area (Å²) in [6.07, 6.45) is 60.0. The number of esters is 3. The Morgan fingerprint density at radius 2 is 0.590 bits per heavy atom. The lowest BCUT2D eigenvalue weighted by Crippen LogP contribution is -2.30. The van der Waals surface area contributed by atoms with Gasteiger partial charge in [0.1, 0.15) is 13.2 Å². The van der Waals surface area contributed by atoms with Crippen LogP contribution in [0.15, 0.2) is 48.6 Å². The number of carbonyl (C=O) groups excluding carboxylic acids is 3. The van der Waals surface area contributed by atoms with Crippen molar-refractivity contribution in [3.63, 3.8) is 0 Å². The number of ether oxygens (including phenoxy) is 3. The summed E-state index contributed by atoms with van der Waals surface area (Å²) in [6.45, 7) is 6.52. The van der Waals surface area contributed by atoms with E-state index in [2.05, 4.69) is 69.4 Å². The fraction of sp³-hybridized carbons (Fsp3) is 0.800. The van der Waals surface area contributed by atoms with Crippen LogP contribution in [0.2, 0.25) is 0 Å². The molecule has 0 aliphatic heterocycles. The second kappa shape index (κ2) is 50.0. The van der Waals surface area contributed by atoms with Crippen LogP contribution in [0.5, 0.6) is 0 Å². The number of carbonyl (C=O) groups is 3. The Morgan fingerprint density at radius 3 is 0.951 bits per heavy atom. The van der Waals surface area contributed by atoms with Crippen LogP contribution in [-0.2, 0) is 28.6 Å². The van der Waals surface area contributed by atoms with E-state index in [9.17, 15) is 14.4 Å². The van der Waals surface area contributed by atoms with Crippen molar-refractivity contribution in [3.8, 4) is 0 Å². The molecule has 1 atom stereocenters. The van der Waals surface area contributed by atoms with Gasteiger partial charge in [-0.05, 0) is 83.5 Å². The van der Waals surface area contributed by atoms with Crippen molar-refractivity contribution in [2.45, 2.75) is 271 Å². The van der Waals surface area contributed by atoms with Gasteiger partial charge in [0.05, 0.1) is 0 Å². The Kier molecular flexibility index (Phi) is 47.9. The second-order valence-corrected chi connectivity index (χ2v) is 17.4. The van der Waals surface area contributed by atoms with Gasteiger partial charge in [0.15, 0.2) is 6.10 Å². The molecule has 0 aliphatic rings. The van der Waals surface area contributed by atoms with Crippen molar-refractivity contribution < 1.29 is 28.6 Å². The lowest BCUT2D eigenvalue weighted by atomic mass is 10.1. The first kappa shape index (κ1) is 58.4. The molecule has 6 heteroatoms. The highest BCUT2D eigenvalue weighted by molar-refractivity contribution is 5.71. The predicted molar refractivity (Wildman–Crippen MR) is 261 cm³/mol. The van der Waals surface area contributed by atoms with Crippen LogP contribution in [-0.4, -0.2) is 37.2 Å². The molecule has 0 aromatic heterocycles. The summed E-state index contributed by atoms with van der Waals surface area (Å²) in [4.78, 5) is 37.6. The topological polar surface area (TPSA) is 78.9 Å². The van der Waals surface area contributed by atoms with Crippen LogP contribution >= 0.6 is 0 Å². The number of unbranched alkanes of at least 4 members (excludes halogenated alkanes) is 28. The van der Waals surface area contributed by atoms with Gasteiger partial charge in [-0.3, -0.25) is 14.4 Å². The van der Waals surface area contributed by atoms with Gasteiger partial charge in [-0.15, -0.1) is 0 Å². The largest absolute Gasteiger partial charge is 0.462 e. The monoisotopic (exact) mass is 855 g/mol. The molecule has 0 bridgehead atoms. The number of hydrogen-bond acceptors (Lipinski definition) is 6. The summed E-state index contributed by atoms with van der Waals surface area (Å²) in [5.74, 6) is -0.900. The Bertz CT molecular complexity index is 1070. The zero-order chi connectivity index (χ0) is 44.4. The van der Waals surface area contributed by atoms with Crippen LogP contribution in [0.1, 0.15) is 265 Å². The lowest BCUT2D eigenvalue weighted by Gasteiger charge is -2.18. The van der Waals surface area contributed by atoms with Gasteiger partial charge in [0.2, 0.25) is 0 Å². The third kappa shape index (κ3) is 48.3. The molecule has 0 rings (SSSR count). The standard InChI is InChI=1S/C55H98O6/c1-4-7-10-13-15-17-19-21-22-23-24-25-26-27-28-29-30-31-32-34-35-37-39-42-45-48-54(57)60-51-52(50-59-53(56)47-44-41-12-9-6-3)61-55(58)49-46-43-40-38-36-33-20-18-16-14-11-8-5-2/h18-21,23-24,26-27,52H,4-17,22,25,28-51H2,1-3H3/b20-18-,21-19-,24-23-,27-26-. The predicted octanol–water partition coefficient (Wildman–Crippen LogP) is 17.1. The van der Waals surface area contributed by atoms with E-state index in [1.54, 1.807) is 0 Å². The molecule has 0 spiro atoms. The normalized spacial score (nSPS) is 12.4. The van der Waals surface area contributed by atoms with Gasteiger partial charge in [-0.1, -0.05) is 211 Å². The molecule has 0 aromatic carbocycles. The summed E-state index contributed by atoms with van der Waals surface area (Å²) in [5, 5.41) is 0. The third-order valence-corrected chi connectivity index (χ3v) is 11.3. The van der Waals surface area contributed by atoms with Gasteiger partial charge in [0, 0.05) is 19.3 Å². The zero-order valence-electron chi connectivity index (χ0n) is 40.4. The summed E-state index contributed by atoms with van der Waals surface area (Å²) >= 11 is 0. The molecule has 0 radical (unpaired) electrons. The van der Waals surface area contributed by atoms with Crippen LogP contribution in [0, 0.1) is 0 Å². The highest BCUT2D eigenvalue weighted by Gasteiger charge is 2.19. The van der Waals surface area contributed by atoms with Gasteiger partial charge < -0.3 is 14.2 Å². The van der Waals surface area contributed by atoms with E-state index in [-0.39, 0.29) is 31.1 Å². The molecule has 61 heavy (non-hydrogen) atoms. The van der Waals surface area contributed by atoms with E-state index in [1.807, 2.05) is 0 Å². The van der Waals surface area contributed by atoms with Crippen molar-refractivity contribution >= 4 is 17.9 Å². The van der Waals surface area contributed by atoms with Crippen molar-refractivity contribution in [1.29, 1.82) is 0 Å². The Morgan fingerprint density at radius 1 is 0.328 bits per heavy atom. The van der Waals surface area contributed by atoms with E-state index >= 15 is 0 Å². The molecular formula is C55H98O6. The van der Waals surface area contributed by atoms with Crippen LogP contribution in [0.3, 0.4) is 0 Å². The van der Waals surface area contributed by atoms with E-state index in [4.69, 9.17) is 14.2 Å².